The van der Waals surface area contributed by atoms with Crippen LogP contribution in [0.25, 0.3) is 0 Å². The molecule has 138 valence electrons. The number of piperazine rings is 2. The molecule has 2 fully saturated rings. The summed E-state index contributed by atoms with van der Waals surface area (Å²) in [5.74, 6) is 0.0799. The SMILES string of the molecule is C[C@@H]1CN(C(=O)c2ccc(C(=O)N3CCN[C@H](C)C3)cc2)CCN1.Cl. The van der Waals surface area contributed by atoms with E-state index < -0.39 is 0 Å². The van der Waals surface area contributed by atoms with Gasteiger partial charge in [0.2, 0.25) is 0 Å². The normalized spacial score (nSPS) is 23.8. The Morgan fingerprint density at radius 2 is 1.20 bits per heavy atom. The first-order chi connectivity index (χ1) is 11.5. The predicted octanol–water partition coefficient (Wildman–Crippen LogP) is 0.976. The van der Waals surface area contributed by atoms with E-state index in [-0.39, 0.29) is 24.2 Å². The molecule has 0 saturated carbocycles. The largest absolute Gasteiger partial charge is 0.336 e. The van der Waals surface area contributed by atoms with Crippen molar-refractivity contribution in [3.8, 4) is 0 Å². The van der Waals surface area contributed by atoms with E-state index in [2.05, 4.69) is 24.5 Å². The highest BCUT2D eigenvalue weighted by molar-refractivity contribution is 5.98. The Labute approximate surface area is 155 Å². The molecule has 0 bridgehead atoms. The lowest BCUT2D eigenvalue weighted by Gasteiger charge is -2.32. The molecular formula is C18H27ClN4O2. The van der Waals surface area contributed by atoms with Crippen molar-refractivity contribution in [2.45, 2.75) is 25.9 Å². The van der Waals surface area contributed by atoms with Crippen LogP contribution in [0, 0.1) is 0 Å². The molecule has 2 aliphatic rings. The maximum atomic E-state index is 12.6. The van der Waals surface area contributed by atoms with Crippen LogP contribution in [0.1, 0.15) is 34.6 Å². The number of nitrogens with zero attached hydrogens (tertiary/aromatic N) is 2. The Bertz CT molecular complexity index is 555. The summed E-state index contributed by atoms with van der Waals surface area (Å²) in [6.45, 7) is 8.70. The highest BCUT2D eigenvalue weighted by atomic mass is 35.5. The molecule has 0 aliphatic carbocycles. The van der Waals surface area contributed by atoms with Gasteiger partial charge in [0.25, 0.3) is 11.8 Å². The van der Waals surface area contributed by atoms with Crippen molar-refractivity contribution in [3.05, 3.63) is 35.4 Å². The van der Waals surface area contributed by atoms with Gasteiger partial charge in [0, 0.05) is 62.5 Å². The zero-order valence-corrected chi connectivity index (χ0v) is 15.6. The fourth-order valence-corrected chi connectivity index (χ4v) is 3.35. The summed E-state index contributed by atoms with van der Waals surface area (Å²) in [6.07, 6.45) is 0. The fraction of sp³-hybridized carbons (Fsp3) is 0.556. The van der Waals surface area contributed by atoms with Gasteiger partial charge in [-0.2, -0.15) is 0 Å². The van der Waals surface area contributed by atoms with Gasteiger partial charge < -0.3 is 20.4 Å². The van der Waals surface area contributed by atoms with Gasteiger partial charge in [-0.25, -0.2) is 0 Å². The lowest BCUT2D eigenvalue weighted by molar-refractivity contribution is 0.0698. The van der Waals surface area contributed by atoms with Crippen LogP contribution in [0.5, 0.6) is 0 Å². The van der Waals surface area contributed by atoms with Crippen LogP contribution in [0.3, 0.4) is 0 Å². The van der Waals surface area contributed by atoms with Crippen molar-refractivity contribution >= 4 is 24.2 Å². The second-order valence-corrected chi connectivity index (χ2v) is 6.79. The number of hydrogen-bond acceptors (Lipinski definition) is 4. The first-order valence-electron chi connectivity index (χ1n) is 8.70. The molecule has 25 heavy (non-hydrogen) atoms. The highest BCUT2D eigenvalue weighted by Gasteiger charge is 2.24. The first-order valence-corrected chi connectivity index (χ1v) is 8.70. The van der Waals surface area contributed by atoms with E-state index in [4.69, 9.17) is 0 Å². The summed E-state index contributed by atoms with van der Waals surface area (Å²) in [6, 6.07) is 7.72. The Morgan fingerprint density at radius 3 is 1.52 bits per heavy atom. The van der Waals surface area contributed by atoms with Crippen molar-refractivity contribution in [1.29, 1.82) is 0 Å². The van der Waals surface area contributed by atoms with E-state index in [9.17, 15) is 9.59 Å². The summed E-state index contributed by atoms with van der Waals surface area (Å²) < 4.78 is 0. The molecule has 7 heteroatoms. The minimum Gasteiger partial charge on any atom is -0.336 e. The van der Waals surface area contributed by atoms with Crippen LogP contribution >= 0.6 is 12.4 Å². The van der Waals surface area contributed by atoms with Crippen molar-refractivity contribution in [2.24, 2.45) is 0 Å². The monoisotopic (exact) mass is 366 g/mol. The smallest absolute Gasteiger partial charge is 0.253 e. The van der Waals surface area contributed by atoms with Crippen LogP contribution in [-0.4, -0.2) is 73.0 Å². The molecule has 0 aromatic heterocycles. The topological polar surface area (TPSA) is 64.7 Å². The van der Waals surface area contributed by atoms with Gasteiger partial charge in [-0.05, 0) is 38.1 Å². The van der Waals surface area contributed by atoms with Crippen LogP contribution in [0.4, 0.5) is 0 Å². The molecule has 2 atom stereocenters. The minimum absolute atomic E-state index is 0. The average molecular weight is 367 g/mol. The van der Waals surface area contributed by atoms with E-state index in [1.54, 1.807) is 24.3 Å². The Kier molecular flexibility index (Phi) is 6.81. The average Bonchev–Trinajstić information content (AvgIpc) is 2.60. The first kappa shape index (κ1) is 19.7. The fourth-order valence-electron chi connectivity index (χ4n) is 3.35. The second kappa shape index (κ2) is 8.65. The number of amides is 2. The molecule has 1 aromatic rings. The van der Waals surface area contributed by atoms with E-state index in [0.29, 0.717) is 23.2 Å². The number of nitrogens with one attached hydrogen (secondary N) is 2. The maximum absolute atomic E-state index is 12.6. The quantitative estimate of drug-likeness (QED) is 0.818. The molecule has 0 unspecified atom stereocenters. The Balaban J connectivity index is 0.00000225. The number of carbonyl (C=O) groups excluding carboxylic acids is 2. The Hall–Kier alpha value is -1.63. The predicted molar refractivity (Wildman–Crippen MR) is 100 cm³/mol. The summed E-state index contributed by atoms with van der Waals surface area (Å²) in [5.41, 5.74) is 1.30. The number of halogens is 1. The van der Waals surface area contributed by atoms with E-state index in [0.717, 1.165) is 39.3 Å². The molecule has 2 N–H and O–H groups in total. The Morgan fingerprint density at radius 1 is 0.840 bits per heavy atom. The van der Waals surface area contributed by atoms with Gasteiger partial charge in [-0.1, -0.05) is 0 Å². The lowest BCUT2D eigenvalue weighted by Crippen LogP contribution is -2.51. The molecule has 1 aromatic carbocycles. The van der Waals surface area contributed by atoms with Gasteiger partial charge in [0.1, 0.15) is 0 Å². The number of hydrogen-bond donors (Lipinski definition) is 2. The lowest BCUT2D eigenvalue weighted by atomic mass is 10.1. The zero-order chi connectivity index (χ0) is 17.1. The molecule has 2 heterocycles. The summed E-state index contributed by atoms with van der Waals surface area (Å²) in [7, 11) is 0. The number of rotatable bonds is 2. The molecule has 2 saturated heterocycles. The molecular weight excluding hydrogens is 340 g/mol. The van der Waals surface area contributed by atoms with Gasteiger partial charge in [0.15, 0.2) is 0 Å². The van der Waals surface area contributed by atoms with Gasteiger partial charge in [-0.3, -0.25) is 9.59 Å². The van der Waals surface area contributed by atoms with Crippen molar-refractivity contribution in [3.63, 3.8) is 0 Å². The van der Waals surface area contributed by atoms with Gasteiger partial charge in [0.05, 0.1) is 0 Å². The van der Waals surface area contributed by atoms with Crippen LogP contribution in [0.15, 0.2) is 24.3 Å². The van der Waals surface area contributed by atoms with E-state index in [1.165, 1.54) is 0 Å². The maximum Gasteiger partial charge on any atom is 0.253 e. The molecule has 2 amide bonds. The van der Waals surface area contributed by atoms with Crippen LogP contribution in [-0.2, 0) is 0 Å². The summed E-state index contributed by atoms with van der Waals surface area (Å²) in [5, 5.41) is 6.67. The highest BCUT2D eigenvalue weighted by Crippen LogP contribution is 2.12. The van der Waals surface area contributed by atoms with Crippen molar-refractivity contribution < 1.29 is 9.59 Å². The third-order valence-electron chi connectivity index (χ3n) is 4.69. The standard InChI is InChI=1S/C18H26N4O2.ClH/c1-13-11-21(9-7-19-13)17(23)15-3-5-16(6-4-15)18(24)22-10-8-20-14(2)12-22;/h3-6,13-14,19-20H,7-12H2,1-2H3;1H/t13-,14-;/m1./s1. The molecule has 6 nitrogen and oxygen atoms in total. The molecule has 0 spiro atoms. The van der Waals surface area contributed by atoms with Gasteiger partial charge >= 0.3 is 0 Å². The molecule has 0 radical (unpaired) electrons. The van der Waals surface area contributed by atoms with Crippen LogP contribution in [0.2, 0.25) is 0 Å². The molecule has 3 rings (SSSR count). The van der Waals surface area contributed by atoms with Crippen molar-refractivity contribution in [2.75, 3.05) is 39.3 Å². The van der Waals surface area contributed by atoms with E-state index >= 15 is 0 Å². The zero-order valence-electron chi connectivity index (χ0n) is 14.8. The third-order valence-corrected chi connectivity index (χ3v) is 4.69. The number of benzene rings is 1. The van der Waals surface area contributed by atoms with Gasteiger partial charge in [-0.15, -0.1) is 12.4 Å². The van der Waals surface area contributed by atoms with Crippen molar-refractivity contribution in [1.82, 2.24) is 20.4 Å². The van der Waals surface area contributed by atoms with E-state index in [1.807, 2.05) is 9.80 Å². The summed E-state index contributed by atoms with van der Waals surface area (Å²) in [4.78, 5) is 28.9. The molecule has 2 aliphatic heterocycles. The van der Waals surface area contributed by atoms with Crippen LogP contribution < -0.4 is 10.6 Å². The summed E-state index contributed by atoms with van der Waals surface area (Å²) >= 11 is 0. The number of carbonyl (C=O) groups is 2. The minimum atomic E-state index is 0. The second-order valence-electron chi connectivity index (χ2n) is 6.79. The third kappa shape index (κ3) is 4.71.